The van der Waals surface area contributed by atoms with Crippen molar-refractivity contribution in [1.29, 1.82) is 0 Å². The number of carbonyl (C=O) groups is 1. The van der Waals surface area contributed by atoms with Gasteiger partial charge in [0.2, 0.25) is 15.9 Å². The average Bonchev–Trinajstić information content (AvgIpc) is 3.78. The van der Waals surface area contributed by atoms with Crippen molar-refractivity contribution in [3.05, 3.63) is 47.6 Å². The molecule has 2 aliphatic heterocycles. The van der Waals surface area contributed by atoms with Crippen LogP contribution in [0.5, 0.6) is 5.88 Å². The number of ether oxygens (including phenoxy) is 2. The second kappa shape index (κ2) is 12.0. The fourth-order valence-corrected chi connectivity index (χ4v) is 8.05. The van der Waals surface area contributed by atoms with Crippen LogP contribution in [0.1, 0.15) is 60.6 Å². The van der Waals surface area contributed by atoms with E-state index in [1.54, 1.807) is 30.7 Å². The molecule has 1 saturated carbocycles. The van der Waals surface area contributed by atoms with Crippen LogP contribution in [-0.2, 0) is 14.8 Å². The van der Waals surface area contributed by atoms with E-state index in [1.807, 2.05) is 6.92 Å². The first-order chi connectivity index (χ1) is 19.9. The number of pyridine rings is 1. The molecule has 3 aromatic rings. The van der Waals surface area contributed by atoms with E-state index in [4.69, 9.17) is 9.47 Å². The highest BCUT2D eigenvalue weighted by atomic mass is 32.2. The van der Waals surface area contributed by atoms with Crippen LogP contribution in [0, 0.1) is 0 Å². The molecule has 5 heterocycles. The summed E-state index contributed by atoms with van der Waals surface area (Å²) in [4.78, 5) is 34.0. The van der Waals surface area contributed by atoms with Gasteiger partial charge in [0.15, 0.2) is 5.01 Å². The molecule has 12 nitrogen and oxygen atoms in total. The summed E-state index contributed by atoms with van der Waals surface area (Å²) in [6.07, 6.45) is 10.7. The van der Waals surface area contributed by atoms with Crippen molar-refractivity contribution in [1.82, 2.24) is 30.2 Å². The van der Waals surface area contributed by atoms with E-state index in [-0.39, 0.29) is 28.3 Å². The third kappa shape index (κ3) is 6.35. The molecule has 0 spiro atoms. The molecule has 2 N–H and O–H groups in total. The largest absolute Gasteiger partial charge is 0.477 e. The fraction of sp³-hybridized carbons (Fsp3) is 0.519. The number of anilines is 1. The van der Waals surface area contributed by atoms with Crippen molar-refractivity contribution in [3.63, 3.8) is 0 Å². The highest BCUT2D eigenvalue weighted by molar-refractivity contribution is 7.93. The molecule has 2 bridgehead atoms. The summed E-state index contributed by atoms with van der Waals surface area (Å²) in [6.45, 7) is 4.30. The maximum Gasteiger partial charge on any atom is 0.280 e. The number of aromatic nitrogens is 4. The third-order valence-electron chi connectivity index (χ3n) is 7.73. The van der Waals surface area contributed by atoms with E-state index in [0.29, 0.717) is 60.4 Å². The highest BCUT2D eigenvalue weighted by Gasteiger charge is 2.40. The molecule has 0 unspecified atom stereocenters. The van der Waals surface area contributed by atoms with Crippen LogP contribution in [0.2, 0.25) is 0 Å². The number of thiazole rings is 1. The first-order valence-corrected chi connectivity index (χ1v) is 16.3. The van der Waals surface area contributed by atoms with Gasteiger partial charge in [-0.2, -0.15) is 0 Å². The minimum atomic E-state index is -3.50. The summed E-state index contributed by atoms with van der Waals surface area (Å²) in [5.41, 5.74) is 1.58. The third-order valence-corrected chi connectivity index (χ3v) is 10.6. The van der Waals surface area contributed by atoms with Gasteiger partial charge in [-0.05, 0) is 38.3 Å². The fourth-order valence-electron chi connectivity index (χ4n) is 5.70. The molecular weight excluding hydrogens is 566 g/mol. The number of nitrogens with zero attached hydrogens (tertiary/aromatic N) is 5. The summed E-state index contributed by atoms with van der Waals surface area (Å²) >= 11 is 1.21. The number of amides is 1. The van der Waals surface area contributed by atoms with Crippen molar-refractivity contribution >= 4 is 33.0 Å². The lowest BCUT2D eigenvalue weighted by atomic mass is 10.1. The first kappa shape index (κ1) is 27.9. The number of fused-ring (bicyclic) bond motifs is 2. The number of hydrogen-bond acceptors (Lipinski definition) is 11. The second-order valence-electron chi connectivity index (χ2n) is 10.6. The van der Waals surface area contributed by atoms with E-state index < -0.39 is 16.1 Å². The van der Waals surface area contributed by atoms with Crippen LogP contribution >= 0.6 is 11.3 Å². The Morgan fingerprint density at radius 3 is 2.85 bits per heavy atom. The van der Waals surface area contributed by atoms with Gasteiger partial charge in [-0.25, -0.2) is 18.4 Å². The van der Waals surface area contributed by atoms with Crippen molar-refractivity contribution in [2.45, 2.75) is 62.5 Å². The Morgan fingerprint density at radius 1 is 1.24 bits per heavy atom. The van der Waals surface area contributed by atoms with Crippen molar-refractivity contribution in [2.24, 2.45) is 0 Å². The smallest absolute Gasteiger partial charge is 0.280 e. The predicted octanol–water partition coefficient (Wildman–Crippen LogP) is 3.02. The van der Waals surface area contributed by atoms with Gasteiger partial charge in [0.25, 0.3) is 5.91 Å². The van der Waals surface area contributed by atoms with Gasteiger partial charge in [-0.3, -0.25) is 24.4 Å². The number of likely N-dealkylation sites (tertiary alicyclic amines) is 1. The van der Waals surface area contributed by atoms with Gasteiger partial charge < -0.3 is 14.8 Å². The molecule has 6 rings (SSSR count). The molecule has 2 saturated heterocycles. The number of rotatable bonds is 11. The van der Waals surface area contributed by atoms with E-state index >= 15 is 0 Å². The number of morpholine rings is 1. The quantitative estimate of drug-likeness (QED) is 0.337. The van der Waals surface area contributed by atoms with Crippen molar-refractivity contribution < 1.29 is 22.7 Å². The molecule has 3 aliphatic rings. The van der Waals surface area contributed by atoms with Crippen LogP contribution in [-0.4, -0.2) is 82.9 Å². The maximum atomic E-state index is 13.5. The lowest BCUT2D eigenvalue weighted by Gasteiger charge is -2.30. The van der Waals surface area contributed by atoms with Crippen molar-refractivity contribution in [2.75, 3.05) is 31.0 Å². The van der Waals surface area contributed by atoms with Gasteiger partial charge in [0.1, 0.15) is 5.69 Å². The molecule has 0 aromatic carbocycles. The Bertz CT molecular complexity index is 1490. The topological polar surface area (TPSA) is 149 Å². The Balaban J connectivity index is 1.22. The Morgan fingerprint density at radius 2 is 2.10 bits per heavy atom. The molecular formula is C27H33N7O5S2. The van der Waals surface area contributed by atoms with Crippen LogP contribution in [0.3, 0.4) is 0 Å². The summed E-state index contributed by atoms with van der Waals surface area (Å²) in [6, 6.07) is 3.15. The highest BCUT2D eigenvalue weighted by Crippen LogP contribution is 2.31. The van der Waals surface area contributed by atoms with E-state index in [0.717, 1.165) is 25.8 Å². The molecule has 14 heteroatoms. The van der Waals surface area contributed by atoms with Gasteiger partial charge >= 0.3 is 0 Å². The van der Waals surface area contributed by atoms with E-state index in [1.165, 1.54) is 17.5 Å². The standard InChI is InChI=1S/C27H33N7O5S2/c1-2-38-25-13-28-11-22(31-25)24-12-30-27(40-24)26(35)32-23(15-34-14-19-10-18(34)16-39-19)21-9-17(7-8-29-21)33-41(36,37)20-5-3-4-6-20/h7-9,11-13,18-20,23H,2-6,10,14-16H2,1H3,(H,29,33)(H,32,35)/t18-,19-,23+/m1/s1. The van der Waals surface area contributed by atoms with Gasteiger partial charge in [-0.15, -0.1) is 11.3 Å². The summed E-state index contributed by atoms with van der Waals surface area (Å²) in [5, 5.41) is 3.00. The van der Waals surface area contributed by atoms with E-state index in [2.05, 4.69) is 34.9 Å². The molecule has 41 heavy (non-hydrogen) atoms. The van der Waals surface area contributed by atoms with E-state index in [9.17, 15) is 13.2 Å². The van der Waals surface area contributed by atoms with Crippen LogP contribution in [0.4, 0.5) is 5.69 Å². The molecule has 3 atom stereocenters. The number of hydrogen-bond donors (Lipinski definition) is 2. The number of sulfonamides is 1. The Hall–Kier alpha value is -3.20. The molecule has 1 aliphatic carbocycles. The number of nitrogens with one attached hydrogen (secondary N) is 2. The molecule has 3 aromatic heterocycles. The Labute approximate surface area is 243 Å². The molecule has 1 amide bonds. The van der Waals surface area contributed by atoms with Gasteiger partial charge in [0.05, 0.1) is 59.3 Å². The lowest BCUT2D eigenvalue weighted by Crippen LogP contribution is -2.44. The SMILES string of the molecule is CCOc1cncc(-c2cnc(C(=O)N[C@@H](CN3C[C@H]4C[C@@H]3CO4)c3cc(NS(=O)(=O)C4CCCC4)ccn3)s2)n1. The normalized spacial score (nSPS) is 21.7. The minimum Gasteiger partial charge on any atom is -0.477 e. The molecule has 218 valence electrons. The molecule has 0 radical (unpaired) electrons. The van der Waals surface area contributed by atoms with Crippen LogP contribution < -0.4 is 14.8 Å². The average molecular weight is 600 g/mol. The summed E-state index contributed by atoms with van der Waals surface area (Å²) in [7, 11) is -3.50. The number of carbonyl (C=O) groups excluding carboxylic acids is 1. The van der Waals surface area contributed by atoms with Gasteiger partial charge in [-0.1, -0.05) is 12.8 Å². The zero-order chi connectivity index (χ0) is 28.4. The second-order valence-corrected chi connectivity index (χ2v) is 13.5. The first-order valence-electron chi connectivity index (χ1n) is 13.9. The summed E-state index contributed by atoms with van der Waals surface area (Å²) in [5.74, 6) is 0.0578. The van der Waals surface area contributed by atoms with Crippen LogP contribution in [0.25, 0.3) is 10.6 Å². The van der Waals surface area contributed by atoms with Crippen LogP contribution in [0.15, 0.2) is 36.9 Å². The Kier molecular flexibility index (Phi) is 8.15. The lowest BCUT2D eigenvalue weighted by molar-refractivity contribution is 0.0265. The minimum absolute atomic E-state index is 0.198. The van der Waals surface area contributed by atoms with Gasteiger partial charge in [0, 0.05) is 31.5 Å². The predicted molar refractivity (Wildman–Crippen MR) is 153 cm³/mol. The maximum absolute atomic E-state index is 13.5. The van der Waals surface area contributed by atoms with Crippen molar-refractivity contribution in [3.8, 4) is 16.5 Å². The monoisotopic (exact) mass is 599 g/mol. The zero-order valence-corrected chi connectivity index (χ0v) is 24.4. The summed E-state index contributed by atoms with van der Waals surface area (Å²) < 4.78 is 39.8. The zero-order valence-electron chi connectivity index (χ0n) is 22.7. The molecule has 3 fully saturated rings.